The van der Waals surface area contributed by atoms with Crippen molar-refractivity contribution < 1.29 is 23.8 Å². The van der Waals surface area contributed by atoms with Crippen molar-refractivity contribution >= 4 is 11.8 Å². The molecule has 4 nitrogen and oxygen atoms in total. The van der Waals surface area contributed by atoms with E-state index in [2.05, 4.69) is 0 Å². The maximum Gasteiger partial charge on any atom is 0.307 e. The van der Waals surface area contributed by atoms with Crippen molar-refractivity contribution in [2.24, 2.45) is 0 Å². The zero-order valence-corrected chi connectivity index (χ0v) is 11.3. The molecule has 0 amide bonds. The molecular weight excluding hydrogens is 275 g/mol. The number of benzene rings is 2. The summed E-state index contributed by atoms with van der Waals surface area (Å²) in [5.74, 6) is -1.70. The van der Waals surface area contributed by atoms with Crippen LogP contribution < -0.4 is 4.74 Å². The highest BCUT2D eigenvalue weighted by Gasteiger charge is 2.12. The van der Waals surface area contributed by atoms with Gasteiger partial charge in [-0.3, -0.25) is 9.59 Å². The fraction of sp³-hybridized carbons (Fsp3) is 0.125. The van der Waals surface area contributed by atoms with Crippen molar-refractivity contribution in [2.45, 2.75) is 13.3 Å². The van der Waals surface area contributed by atoms with E-state index in [4.69, 9.17) is 9.84 Å². The second kappa shape index (κ2) is 6.17. The van der Waals surface area contributed by atoms with E-state index in [1.54, 1.807) is 24.3 Å². The fourth-order valence-corrected chi connectivity index (χ4v) is 1.83. The minimum absolute atomic E-state index is 0.0576. The van der Waals surface area contributed by atoms with E-state index in [1.807, 2.05) is 0 Å². The molecule has 0 atom stereocenters. The number of carboxylic acids is 1. The SMILES string of the molecule is CC(=O)c1ccc(Oc2ccccc2CC(=O)O)c(F)c1. The molecule has 0 fully saturated rings. The first-order valence-corrected chi connectivity index (χ1v) is 6.25. The summed E-state index contributed by atoms with van der Waals surface area (Å²) in [5.41, 5.74) is 0.693. The molecule has 0 saturated heterocycles. The number of carbonyl (C=O) groups excluding carboxylic acids is 1. The number of Topliss-reactive ketones (excluding diaryl/α,β-unsaturated/α-hetero) is 1. The number of hydrogen-bond acceptors (Lipinski definition) is 3. The van der Waals surface area contributed by atoms with E-state index in [0.29, 0.717) is 5.56 Å². The fourth-order valence-electron chi connectivity index (χ4n) is 1.83. The summed E-state index contributed by atoms with van der Waals surface area (Å²) >= 11 is 0. The lowest BCUT2D eigenvalue weighted by Gasteiger charge is -2.11. The molecule has 0 bridgehead atoms. The molecule has 5 heteroatoms. The molecule has 0 saturated carbocycles. The third-order valence-corrected chi connectivity index (χ3v) is 2.87. The molecule has 0 unspecified atom stereocenters. The Bertz CT molecular complexity index is 694. The highest BCUT2D eigenvalue weighted by molar-refractivity contribution is 5.94. The van der Waals surface area contributed by atoms with E-state index in [-0.39, 0.29) is 29.3 Å². The summed E-state index contributed by atoms with van der Waals surface area (Å²) in [6.07, 6.45) is -0.219. The minimum atomic E-state index is -1.00. The molecule has 1 N–H and O–H groups in total. The maximum absolute atomic E-state index is 13.9. The Hall–Kier alpha value is -2.69. The zero-order valence-electron chi connectivity index (χ0n) is 11.3. The molecule has 0 aliphatic rings. The molecule has 108 valence electrons. The van der Waals surface area contributed by atoms with E-state index >= 15 is 0 Å². The van der Waals surface area contributed by atoms with Crippen molar-refractivity contribution in [3.05, 3.63) is 59.4 Å². The Morgan fingerprint density at radius 1 is 1.14 bits per heavy atom. The van der Waals surface area contributed by atoms with Crippen LogP contribution in [0.5, 0.6) is 11.5 Å². The largest absolute Gasteiger partial charge is 0.481 e. The Morgan fingerprint density at radius 2 is 1.86 bits per heavy atom. The molecule has 0 aliphatic heterocycles. The van der Waals surface area contributed by atoms with Crippen LogP contribution in [0.1, 0.15) is 22.8 Å². The molecule has 0 radical (unpaired) electrons. The number of aliphatic carboxylic acids is 1. The van der Waals surface area contributed by atoms with Gasteiger partial charge >= 0.3 is 5.97 Å². The number of carbonyl (C=O) groups is 2. The topological polar surface area (TPSA) is 63.6 Å². The summed E-state index contributed by atoms with van der Waals surface area (Å²) in [5, 5.41) is 8.84. The normalized spacial score (nSPS) is 10.2. The zero-order chi connectivity index (χ0) is 15.4. The second-order valence-corrected chi connectivity index (χ2v) is 4.48. The van der Waals surface area contributed by atoms with Crippen LogP contribution in [0.25, 0.3) is 0 Å². The Balaban J connectivity index is 2.30. The van der Waals surface area contributed by atoms with Crippen molar-refractivity contribution in [3.8, 4) is 11.5 Å². The van der Waals surface area contributed by atoms with Gasteiger partial charge in [0.15, 0.2) is 17.3 Å². The monoisotopic (exact) mass is 288 g/mol. The summed E-state index contributed by atoms with van der Waals surface area (Å²) < 4.78 is 19.3. The second-order valence-electron chi connectivity index (χ2n) is 4.48. The number of ether oxygens (including phenoxy) is 1. The molecule has 0 heterocycles. The van der Waals surface area contributed by atoms with Crippen LogP contribution in [-0.2, 0) is 11.2 Å². The van der Waals surface area contributed by atoms with Crippen molar-refractivity contribution in [1.29, 1.82) is 0 Å². The lowest BCUT2D eigenvalue weighted by atomic mass is 10.1. The van der Waals surface area contributed by atoms with Gasteiger partial charge in [0, 0.05) is 11.1 Å². The molecule has 2 aromatic carbocycles. The van der Waals surface area contributed by atoms with Crippen LogP contribution >= 0.6 is 0 Å². The first-order chi connectivity index (χ1) is 9.97. The summed E-state index contributed by atoms with van der Waals surface area (Å²) in [7, 11) is 0. The number of carboxylic acid groups (broad SMARTS) is 1. The average molecular weight is 288 g/mol. The van der Waals surface area contributed by atoms with Crippen molar-refractivity contribution in [1.82, 2.24) is 0 Å². The number of ketones is 1. The third-order valence-electron chi connectivity index (χ3n) is 2.87. The molecular formula is C16H13FO4. The smallest absolute Gasteiger partial charge is 0.307 e. The van der Waals surface area contributed by atoms with Crippen LogP contribution in [0.3, 0.4) is 0 Å². The Morgan fingerprint density at radius 3 is 2.48 bits per heavy atom. The molecule has 0 spiro atoms. The summed E-state index contributed by atoms with van der Waals surface area (Å²) in [4.78, 5) is 22.0. The molecule has 2 aromatic rings. The van der Waals surface area contributed by atoms with Gasteiger partial charge in [-0.2, -0.15) is 0 Å². The first-order valence-electron chi connectivity index (χ1n) is 6.25. The highest BCUT2D eigenvalue weighted by Crippen LogP contribution is 2.28. The molecule has 21 heavy (non-hydrogen) atoms. The number of para-hydroxylation sites is 1. The van der Waals surface area contributed by atoms with Gasteiger partial charge in [0.25, 0.3) is 0 Å². The maximum atomic E-state index is 13.9. The highest BCUT2D eigenvalue weighted by atomic mass is 19.1. The molecule has 2 rings (SSSR count). The van der Waals surface area contributed by atoms with E-state index in [1.165, 1.54) is 19.1 Å². The van der Waals surface area contributed by atoms with Gasteiger partial charge in [0.2, 0.25) is 0 Å². The average Bonchev–Trinajstić information content (AvgIpc) is 2.42. The van der Waals surface area contributed by atoms with E-state index < -0.39 is 11.8 Å². The van der Waals surface area contributed by atoms with Gasteiger partial charge in [-0.05, 0) is 31.2 Å². The van der Waals surface area contributed by atoms with Gasteiger partial charge in [0.05, 0.1) is 6.42 Å². The van der Waals surface area contributed by atoms with Crippen LogP contribution in [0.4, 0.5) is 4.39 Å². The van der Waals surface area contributed by atoms with Crippen LogP contribution in [0.2, 0.25) is 0 Å². The number of hydrogen-bond donors (Lipinski definition) is 1. The quantitative estimate of drug-likeness (QED) is 0.856. The Kier molecular flexibility index (Phi) is 4.33. The standard InChI is InChI=1S/C16H13FO4/c1-10(18)11-6-7-15(13(17)8-11)21-14-5-3-2-4-12(14)9-16(19)20/h2-8H,9H2,1H3,(H,19,20). The lowest BCUT2D eigenvalue weighted by molar-refractivity contribution is -0.136. The first kappa shape index (κ1) is 14.7. The van der Waals surface area contributed by atoms with Gasteiger partial charge in [-0.1, -0.05) is 18.2 Å². The van der Waals surface area contributed by atoms with Gasteiger partial charge in [-0.25, -0.2) is 4.39 Å². The van der Waals surface area contributed by atoms with Gasteiger partial charge in [-0.15, -0.1) is 0 Å². The van der Waals surface area contributed by atoms with Crippen LogP contribution in [0.15, 0.2) is 42.5 Å². The van der Waals surface area contributed by atoms with Crippen LogP contribution in [-0.4, -0.2) is 16.9 Å². The lowest BCUT2D eigenvalue weighted by Crippen LogP contribution is -2.02. The molecule has 0 aromatic heterocycles. The molecule has 0 aliphatic carbocycles. The minimum Gasteiger partial charge on any atom is -0.481 e. The van der Waals surface area contributed by atoms with Crippen LogP contribution in [0, 0.1) is 5.82 Å². The van der Waals surface area contributed by atoms with E-state index in [9.17, 15) is 14.0 Å². The van der Waals surface area contributed by atoms with E-state index in [0.717, 1.165) is 6.07 Å². The summed E-state index contributed by atoms with van der Waals surface area (Å²) in [6.45, 7) is 1.34. The van der Waals surface area contributed by atoms with Crippen molar-refractivity contribution in [2.75, 3.05) is 0 Å². The van der Waals surface area contributed by atoms with Crippen molar-refractivity contribution in [3.63, 3.8) is 0 Å². The number of rotatable bonds is 5. The van der Waals surface area contributed by atoms with Gasteiger partial charge in [0.1, 0.15) is 5.75 Å². The number of halogens is 1. The van der Waals surface area contributed by atoms with Gasteiger partial charge < -0.3 is 9.84 Å². The summed E-state index contributed by atoms with van der Waals surface area (Å²) in [6, 6.07) is 10.4. The predicted octanol–water partition coefficient (Wildman–Crippen LogP) is 3.45. The predicted molar refractivity (Wildman–Crippen MR) is 74.3 cm³/mol. The third kappa shape index (κ3) is 3.66. The Labute approximate surface area is 120 Å².